The second-order valence-corrected chi connectivity index (χ2v) is 6.57. The Morgan fingerprint density at radius 2 is 2.00 bits per heavy atom. The average Bonchev–Trinajstić information content (AvgIpc) is 3.25. The largest absolute Gasteiger partial charge is 0.481 e. The fourth-order valence-electron chi connectivity index (χ4n) is 2.34. The van der Waals surface area contributed by atoms with Crippen LogP contribution in [0.3, 0.4) is 0 Å². The van der Waals surface area contributed by atoms with Gasteiger partial charge in [0, 0.05) is 28.5 Å². The first-order chi connectivity index (χ1) is 12.9. The molecule has 2 aromatic heterocycles. The lowest BCUT2D eigenvalue weighted by atomic mass is 10.2. The zero-order valence-corrected chi connectivity index (χ0v) is 15.5. The molecule has 0 aliphatic heterocycles. The lowest BCUT2D eigenvalue weighted by molar-refractivity contribution is -0.137. The Balaban J connectivity index is 1.61. The van der Waals surface area contributed by atoms with E-state index in [0.29, 0.717) is 28.0 Å². The molecule has 0 saturated heterocycles. The van der Waals surface area contributed by atoms with Crippen molar-refractivity contribution in [3.8, 4) is 0 Å². The van der Waals surface area contributed by atoms with E-state index in [2.05, 4.69) is 15.5 Å². The van der Waals surface area contributed by atoms with Crippen molar-refractivity contribution in [2.75, 3.05) is 5.32 Å². The first-order valence-corrected chi connectivity index (χ1v) is 8.69. The van der Waals surface area contributed by atoms with E-state index in [1.54, 1.807) is 29.1 Å². The molecular weight excluding hydrogens is 393 g/mol. The van der Waals surface area contributed by atoms with Crippen LogP contribution in [-0.2, 0) is 17.9 Å². The number of anilines is 1. The van der Waals surface area contributed by atoms with Crippen molar-refractivity contribution in [3.63, 3.8) is 0 Å². The molecule has 0 radical (unpaired) electrons. The monoisotopic (exact) mass is 407 g/mol. The van der Waals surface area contributed by atoms with Crippen molar-refractivity contribution in [1.29, 1.82) is 0 Å². The van der Waals surface area contributed by atoms with Gasteiger partial charge in [0.2, 0.25) is 0 Å². The van der Waals surface area contributed by atoms with Crippen LogP contribution in [0.2, 0.25) is 10.0 Å². The smallest absolute Gasteiger partial charge is 0.305 e. The summed E-state index contributed by atoms with van der Waals surface area (Å²) in [7, 11) is 0. The van der Waals surface area contributed by atoms with Crippen LogP contribution in [0.25, 0.3) is 0 Å². The fourth-order valence-corrected chi connectivity index (χ4v) is 2.81. The number of rotatable bonds is 7. The van der Waals surface area contributed by atoms with Crippen LogP contribution in [0, 0.1) is 0 Å². The lowest BCUT2D eigenvalue weighted by Gasteiger charge is -2.05. The molecule has 27 heavy (non-hydrogen) atoms. The molecule has 1 amide bonds. The second kappa shape index (κ2) is 8.24. The number of carbonyl (C=O) groups is 2. The van der Waals surface area contributed by atoms with Crippen molar-refractivity contribution < 1.29 is 14.7 Å². The van der Waals surface area contributed by atoms with E-state index in [0.717, 1.165) is 5.56 Å². The highest BCUT2D eigenvalue weighted by atomic mass is 35.5. The van der Waals surface area contributed by atoms with Gasteiger partial charge in [0.1, 0.15) is 0 Å². The van der Waals surface area contributed by atoms with Gasteiger partial charge in [0.25, 0.3) is 5.91 Å². The Morgan fingerprint density at radius 1 is 1.19 bits per heavy atom. The third-order valence-electron chi connectivity index (χ3n) is 3.68. The maximum Gasteiger partial charge on any atom is 0.305 e. The van der Waals surface area contributed by atoms with Gasteiger partial charge in [-0.25, -0.2) is 0 Å². The van der Waals surface area contributed by atoms with Crippen molar-refractivity contribution in [3.05, 3.63) is 64.0 Å². The summed E-state index contributed by atoms with van der Waals surface area (Å²) in [5.41, 5.74) is 1.16. The van der Waals surface area contributed by atoms with Gasteiger partial charge in [-0.15, -0.1) is 0 Å². The molecule has 0 aliphatic carbocycles. The van der Waals surface area contributed by atoms with Gasteiger partial charge in [-0.2, -0.15) is 10.2 Å². The molecule has 140 valence electrons. The number of nitrogens with zero attached hydrogens (tertiary/aromatic N) is 4. The summed E-state index contributed by atoms with van der Waals surface area (Å²) in [5, 5.41) is 20.7. The molecule has 0 spiro atoms. The molecule has 8 nitrogen and oxygen atoms in total. The van der Waals surface area contributed by atoms with Crippen molar-refractivity contribution in [2.45, 2.75) is 19.5 Å². The van der Waals surface area contributed by atoms with Gasteiger partial charge < -0.3 is 10.4 Å². The van der Waals surface area contributed by atoms with E-state index in [-0.39, 0.29) is 18.9 Å². The van der Waals surface area contributed by atoms with E-state index in [1.807, 2.05) is 6.07 Å². The Hall–Kier alpha value is -2.84. The van der Waals surface area contributed by atoms with Crippen LogP contribution in [0.15, 0.2) is 42.9 Å². The van der Waals surface area contributed by atoms with E-state index in [4.69, 9.17) is 28.3 Å². The topological polar surface area (TPSA) is 102 Å². The predicted octanol–water partition coefficient (Wildman–Crippen LogP) is 3.16. The van der Waals surface area contributed by atoms with Crippen molar-refractivity contribution in [1.82, 2.24) is 19.6 Å². The first-order valence-electron chi connectivity index (χ1n) is 7.93. The average molecular weight is 408 g/mol. The number of amides is 1. The van der Waals surface area contributed by atoms with Crippen molar-refractivity contribution in [2.24, 2.45) is 0 Å². The number of carboxylic acids is 1. The first kappa shape index (κ1) is 18.9. The normalized spacial score (nSPS) is 10.7. The van der Waals surface area contributed by atoms with Crippen LogP contribution < -0.4 is 5.32 Å². The van der Waals surface area contributed by atoms with E-state index in [9.17, 15) is 9.59 Å². The summed E-state index contributed by atoms with van der Waals surface area (Å²) < 4.78 is 3.05. The van der Waals surface area contributed by atoms with Crippen LogP contribution in [-0.4, -0.2) is 36.5 Å². The number of hydrogen-bond acceptors (Lipinski definition) is 4. The quantitative estimate of drug-likeness (QED) is 0.625. The van der Waals surface area contributed by atoms with Gasteiger partial charge in [-0.3, -0.25) is 19.0 Å². The summed E-state index contributed by atoms with van der Waals surface area (Å²) >= 11 is 12.0. The second-order valence-electron chi connectivity index (χ2n) is 5.72. The minimum atomic E-state index is -0.928. The summed E-state index contributed by atoms with van der Waals surface area (Å²) in [6, 6.07) is 6.89. The molecule has 0 bridgehead atoms. The molecule has 0 unspecified atom stereocenters. The highest BCUT2D eigenvalue weighted by Gasteiger charge is 2.12. The predicted molar refractivity (Wildman–Crippen MR) is 100 cm³/mol. The number of aryl methyl sites for hydroxylation is 1. The van der Waals surface area contributed by atoms with Crippen LogP contribution in [0.1, 0.15) is 22.3 Å². The SMILES string of the molecule is O=C(O)CCn1cc(C(=O)Nc2ccn(Cc3ccc(Cl)cc3Cl)n2)cn1. The van der Waals surface area contributed by atoms with Gasteiger partial charge in [-0.1, -0.05) is 29.3 Å². The molecule has 0 aliphatic rings. The zero-order valence-electron chi connectivity index (χ0n) is 14.0. The van der Waals surface area contributed by atoms with Crippen LogP contribution in [0.5, 0.6) is 0 Å². The Kier molecular flexibility index (Phi) is 5.78. The summed E-state index contributed by atoms with van der Waals surface area (Å²) in [5.74, 6) is -0.933. The molecule has 10 heteroatoms. The molecule has 2 N–H and O–H groups in total. The summed E-state index contributed by atoms with van der Waals surface area (Å²) in [6.07, 6.45) is 4.52. The van der Waals surface area contributed by atoms with E-state index in [1.165, 1.54) is 17.1 Å². The van der Waals surface area contributed by atoms with E-state index >= 15 is 0 Å². The Labute approximate surface area is 164 Å². The highest BCUT2D eigenvalue weighted by molar-refractivity contribution is 6.35. The minimum Gasteiger partial charge on any atom is -0.481 e. The maximum absolute atomic E-state index is 12.3. The summed E-state index contributed by atoms with van der Waals surface area (Å²) in [4.78, 5) is 22.8. The number of aliphatic carboxylic acids is 1. The molecule has 3 rings (SSSR count). The van der Waals surface area contributed by atoms with Gasteiger partial charge in [0.05, 0.1) is 31.3 Å². The molecule has 0 saturated carbocycles. The van der Waals surface area contributed by atoms with Crippen LogP contribution in [0.4, 0.5) is 5.82 Å². The highest BCUT2D eigenvalue weighted by Crippen LogP contribution is 2.22. The third-order valence-corrected chi connectivity index (χ3v) is 4.27. The molecule has 0 atom stereocenters. The Morgan fingerprint density at radius 3 is 2.74 bits per heavy atom. The van der Waals surface area contributed by atoms with Gasteiger partial charge in [0.15, 0.2) is 5.82 Å². The summed E-state index contributed by atoms with van der Waals surface area (Å²) in [6.45, 7) is 0.623. The zero-order chi connectivity index (χ0) is 19.4. The lowest BCUT2D eigenvalue weighted by Crippen LogP contribution is -2.12. The number of carbonyl (C=O) groups excluding carboxylic acids is 1. The van der Waals surface area contributed by atoms with Gasteiger partial charge >= 0.3 is 5.97 Å². The number of carboxylic acid groups (broad SMARTS) is 1. The minimum absolute atomic E-state index is 0.0690. The molecule has 1 aromatic carbocycles. The van der Waals surface area contributed by atoms with Gasteiger partial charge in [-0.05, 0) is 17.7 Å². The van der Waals surface area contributed by atoms with Crippen LogP contribution >= 0.6 is 23.2 Å². The number of halogens is 2. The number of nitrogens with one attached hydrogen (secondary N) is 1. The maximum atomic E-state index is 12.3. The number of benzene rings is 1. The number of hydrogen-bond donors (Lipinski definition) is 2. The molecule has 3 aromatic rings. The third kappa shape index (κ3) is 5.08. The Bertz CT molecular complexity index is 983. The standard InChI is InChI=1S/C17H15Cl2N5O3/c18-13-2-1-11(14(19)7-13)9-24-5-3-15(22-24)21-17(27)12-8-20-23(10-12)6-4-16(25)26/h1-3,5,7-8,10H,4,6,9H2,(H,25,26)(H,21,22,27). The molecular formula is C17H15Cl2N5O3. The van der Waals surface area contributed by atoms with E-state index < -0.39 is 5.97 Å². The van der Waals surface area contributed by atoms with Crippen molar-refractivity contribution >= 4 is 40.9 Å². The number of aromatic nitrogens is 4. The molecule has 0 fully saturated rings. The fraction of sp³-hybridized carbons (Fsp3) is 0.176. The molecule has 2 heterocycles.